The molecule has 0 saturated heterocycles. The van der Waals surface area contributed by atoms with Crippen LogP contribution in [0.3, 0.4) is 0 Å². The highest BCUT2D eigenvalue weighted by Gasteiger charge is 2.36. The number of nitrogens with zero attached hydrogens (tertiary/aromatic N) is 2. The van der Waals surface area contributed by atoms with Crippen molar-refractivity contribution in [2.75, 3.05) is 13.2 Å². The van der Waals surface area contributed by atoms with Crippen molar-refractivity contribution in [1.29, 1.82) is 0 Å². The maximum atomic E-state index is 12.5. The van der Waals surface area contributed by atoms with Gasteiger partial charge in [-0.05, 0) is 30.7 Å². The molecule has 1 N–H and O–H groups in total. The van der Waals surface area contributed by atoms with E-state index < -0.39 is 16.7 Å². The summed E-state index contributed by atoms with van der Waals surface area (Å²) in [6.45, 7) is 0.518. The summed E-state index contributed by atoms with van der Waals surface area (Å²) >= 11 is 6.05. The van der Waals surface area contributed by atoms with Crippen LogP contribution < -0.4 is 10.1 Å². The van der Waals surface area contributed by atoms with Gasteiger partial charge in [0.15, 0.2) is 0 Å². The minimum absolute atomic E-state index is 0.0133. The highest BCUT2D eigenvalue weighted by Crippen LogP contribution is 2.34. The van der Waals surface area contributed by atoms with Crippen molar-refractivity contribution in [1.82, 2.24) is 10.2 Å². The zero-order valence-corrected chi connectivity index (χ0v) is 17.1. The van der Waals surface area contributed by atoms with Crippen LogP contribution in [-0.2, 0) is 4.79 Å². The van der Waals surface area contributed by atoms with Crippen molar-refractivity contribution in [3.63, 3.8) is 0 Å². The molecule has 1 unspecified atom stereocenters. The number of imide groups is 1. The monoisotopic (exact) mass is 443 g/mol. The van der Waals surface area contributed by atoms with E-state index in [2.05, 4.69) is 5.32 Å². The van der Waals surface area contributed by atoms with Gasteiger partial charge in [-0.3, -0.25) is 29.4 Å². The fourth-order valence-corrected chi connectivity index (χ4v) is 3.96. The highest BCUT2D eigenvalue weighted by atomic mass is 35.5. The highest BCUT2D eigenvalue weighted by molar-refractivity contribution is 6.30. The average molecular weight is 444 g/mol. The molecule has 3 amide bonds. The maximum absolute atomic E-state index is 12.5. The van der Waals surface area contributed by atoms with Gasteiger partial charge in [0.05, 0.1) is 28.7 Å². The van der Waals surface area contributed by atoms with Crippen LogP contribution in [0.15, 0.2) is 36.4 Å². The number of halogens is 1. The number of rotatable bonds is 6. The first-order chi connectivity index (χ1) is 14.8. The largest absolute Gasteiger partial charge is 0.493 e. The quantitative estimate of drug-likeness (QED) is 0.415. The number of carbonyl (C=O) groups excluding carboxylic acids is 3. The van der Waals surface area contributed by atoms with E-state index in [1.165, 1.54) is 12.1 Å². The molecular formula is C21H18ClN3O6. The second kappa shape index (κ2) is 8.35. The van der Waals surface area contributed by atoms with E-state index in [0.29, 0.717) is 23.8 Å². The zero-order chi connectivity index (χ0) is 22.1. The Morgan fingerprint density at radius 2 is 1.97 bits per heavy atom. The lowest BCUT2D eigenvalue weighted by Gasteiger charge is -2.27. The third-order valence-electron chi connectivity index (χ3n) is 5.30. The Kier molecular flexibility index (Phi) is 5.60. The molecule has 160 valence electrons. The molecule has 0 bridgehead atoms. The van der Waals surface area contributed by atoms with E-state index in [9.17, 15) is 24.5 Å². The Hall–Kier alpha value is -3.46. The van der Waals surface area contributed by atoms with Crippen LogP contribution >= 0.6 is 11.6 Å². The molecule has 10 heteroatoms. The number of nitro benzene ring substituents is 1. The number of hydrogen-bond acceptors (Lipinski definition) is 6. The number of amides is 3. The Morgan fingerprint density at radius 1 is 1.19 bits per heavy atom. The van der Waals surface area contributed by atoms with Gasteiger partial charge in [-0.25, -0.2) is 0 Å². The molecule has 0 aliphatic carbocycles. The molecule has 4 rings (SSSR count). The topological polar surface area (TPSA) is 119 Å². The van der Waals surface area contributed by atoms with E-state index in [1.54, 1.807) is 18.2 Å². The number of carbonyl (C=O) groups is 3. The summed E-state index contributed by atoms with van der Waals surface area (Å²) in [5.41, 5.74) is 0.710. The minimum atomic E-state index is -0.618. The molecule has 0 fully saturated rings. The van der Waals surface area contributed by atoms with Gasteiger partial charge in [0.2, 0.25) is 5.91 Å². The standard InChI is InChI=1S/C21H18ClN3O6/c22-12-3-6-18-16(10-12)17(7-9-31-18)23-19(26)2-1-8-24-20(27)14-5-4-13(25(29)30)11-15(14)21(24)28/h3-6,10-11,17H,1-2,7-9H2,(H,23,26). The summed E-state index contributed by atoms with van der Waals surface area (Å²) in [6, 6.07) is 8.61. The van der Waals surface area contributed by atoms with Gasteiger partial charge in [-0.1, -0.05) is 11.6 Å². The van der Waals surface area contributed by atoms with Crippen LogP contribution in [0.4, 0.5) is 5.69 Å². The fraction of sp³-hybridized carbons (Fsp3) is 0.286. The molecule has 2 aromatic rings. The molecule has 0 radical (unpaired) electrons. The third-order valence-corrected chi connectivity index (χ3v) is 5.53. The summed E-state index contributed by atoms with van der Waals surface area (Å²) in [6.07, 6.45) is 0.988. The molecule has 9 nitrogen and oxygen atoms in total. The lowest BCUT2D eigenvalue weighted by atomic mass is 10.0. The maximum Gasteiger partial charge on any atom is 0.270 e. The lowest BCUT2D eigenvalue weighted by Crippen LogP contribution is -2.34. The summed E-state index contributed by atoms with van der Waals surface area (Å²) in [7, 11) is 0. The van der Waals surface area contributed by atoms with Crippen molar-refractivity contribution in [2.45, 2.75) is 25.3 Å². The van der Waals surface area contributed by atoms with Gasteiger partial charge in [-0.2, -0.15) is 0 Å². The minimum Gasteiger partial charge on any atom is -0.493 e. The Balaban J connectivity index is 1.34. The second-order valence-electron chi connectivity index (χ2n) is 7.29. The van der Waals surface area contributed by atoms with Crippen LogP contribution in [0.1, 0.15) is 51.6 Å². The molecule has 0 aromatic heterocycles. The molecule has 2 aliphatic rings. The number of benzene rings is 2. The summed E-state index contributed by atoms with van der Waals surface area (Å²) < 4.78 is 5.58. The van der Waals surface area contributed by atoms with Gasteiger partial charge >= 0.3 is 0 Å². The van der Waals surface area contributed by atoms with Gasteiger partial charge in [0.25, 0.3) is 17.5 Å². The second-order valence-corrected chi connectivity index (χ2v) is 7.73. The molecule has 2 heterocycles. The molecule has 2 aliphatic heterocycles. The Bertz CT molecular complexity index is 1100. The van der Waals surface area contributed by atoms with E-state index >= 15 is 0 Å². The summed E-state index contributed by atoms with van der Waals surface area (Å²) in [5.74, 6) is -0.633. The predicted octanol–water partition coefficient (Wildman–Crippen LogP) is 3.26. The molecule has 0 spiro atoms. The first kappa shape index (κ1) is 20.8. The molecule has 1 atom stereocenters. The SMILES string of the molecule is O=C(CCCN1C(=O)c2ccc([N+](=O)[O-])cc2C1=O)NC1CCOc2ccc(Cl)cc21. The van der Waals surface area contributed by atoms with Crippen LogP contribution in [0.25, 0.3) is 0 Å². The first-order valence-electron chi connectivity index (χ1n) is 9.71. The van der Waals surface area contributed by atoms with Crippen molar-refractivity contribution in [3.05, 3.63) is 68.2 Å². The number of non-ortho nitro benzene ring substituents is 1. The summed E-state index contributed by atoms with van der Waals surface area (Å²) in [5, 5.41) is 14.4. The van der Waals surface area contributed by atoms with Gasteiger partial charge in [0, 0.05) is 42.1 Å². The van der Waals surface area contributed by atoms with Gasteiger partial charge < -0.3 is 10.1 Å². The number of hydrogen-bond donors (Lipinski definition) is 1. The van der Waals surface area contributed by atoms with Crippen molar-refractivity contribution in [2.24, 2.45) is 0 Å². The lowest BCUT2D eigenvalue weighted by molar-refractivity contribution is -0.384. The number of nitrogens with one attached hydrogen (secondary N) is 1. The average Bonchev–Trinajstić information content (AvgIpc) is 2.98. The van der Waals surface area contributed by atoms with Crippen LogP contribution in [0, 0.1) is 10.1 Å². The van der Waals surface area contributed by atoms with Crippen LogP contribution in [0.5, 0.6) is 5.75 Å². The Labute approximate surface area is 182 Å². The van der Waals surface area contributed by atoms with E-state index in [0.717, 1.165) is 16.5 Å². The van der Waals surface area contributed by atoms with Crippen molar-refractivity contribution >= 4 is 35.0 Å². The summed E-state index contributed by atoms with van der Waals surface area (Å²) in [4.78, 5) is 48.7. The van der Waals surface area contributed by atoms with Gasteiger partial charge in [-0.15, -0.1) is 0 Å². The van der Waals surface area contributed by atoms with E-state index in [-0.39, 0.29) is 48.1 Å². The number of ether oxygens (including phenoxy) is 1. The van der Waals surface area contributed by atoms with E-state index in [1.807, 2.05) is 0 Å². The first-order valence-corrected chi connectivity index (χ1v) is 10.1. The third kappa shape index (κ3) is 4.09. The molecular weight excluding hydrogens is 426 g/mol. The molecule has 31 heavy (non-hydrogen) atoms. The normalized spacial score (nSPS) is 17.1. The number of fused-ring (bicyclic) bond motifs is 2. The smallest absolute Gasteiger partial charge is 0.270 e. The predicted molar refractivity (Wildman–Crippen MR) is 110 cm³/mol. The Morgan fingerprint density at radius 3 is 2.74 bits per heavy atom. The molecule has 0 saturated carbocycles. The van der Waals surface area contributed by atoms with Crippen molar-refractivity contribution < 1.29 is 24.0 Å². The van der Waals surface area contributed by atoms with Crippen LogP contribution in [-0.4, -0.2) is 40.7 Å². The van der Waals surface area contributed by atoms with Gasteiger partial charge in [0.1, 0.15) is 5.75 Å². The fourth-order valence-electron chi connectivity index (χ4n) is 3.77. The zero-order valence-electron chi connectivity index (χ0n) is 16.3. The molecule has 2 aromatic carbocycles. The van der Waals surface area contributed by atoms with E-state index in [4.69, 9.17) is 16.3 Å². The van der Waals surface area contributed by atoms with Crippen molar-refractivity contribution in [3.8, 4) is 5.75 Å². The number of nitro groups is 1. The van der Waals surface area contributed by atoms with Crippen LogP contribution in [0.2, 0.25) is 5.02 Å².